The number of amides is 2. The van der Waals surface area contributed by atoms with Gasteiger partial charge in [-0.1, -0.05) is 0 Å². The molecule has 1 saturated carbocycles. The van der Waals surface area contributed by atoms with Gasteiger partial charge in [0.1, 0.15) is 0 Å². The van der Waals surface area contributed by atoms with Crippen molar-refractivity contribution in [1.29, 1.82) is 0 Å². The summed E-state index contributed by atoms with van der Waals surface area (Å²) in [6.45, 7) is 6.21. The Labute approximate surface area is 103 Å². The third-order valence-electron chi connectivity index (χ3n) is 4.00. The van der Waals surface area contributed by atoms with Crippen LogP contribution in [0.2, 0.25) is 0 Å². The summed E-state index contributed by atoms with van der Waals surface area (Å²) in [6.07, 6.45) is 3.44. The molecule has 2 N–H and O–H groups in total. The van der Waals surface area contributed by atoms with Crippen LogP contribution in [0.15, 0.2) is 0 Å². The first-order valence-electron chi connectivity index (χ1n) is 6.83. The standard InChI is InChI=1S/C12H22N4O/c17-12(14-10-2-3-10)16-5-1-4-15(6-7-16)11-8-13-9-11/h10-11,13H,1-9H2,(H,14,17). The molecule has 0 spiro atoms. The molecule has 0 aromatic rings. The smallest absolute Gasteiger partial charge is 0.317 e. The van der Waals surface area contributed by atoms with E-state index >= 15 is 0 Å². The van der Waals surface area contributed by atoms with Crippen molar-refractivity contribution in [2.75, 3.05) is 39.3 Å². The molecule has 0 aromatic carbocycles. The van der Waals surface area contributed by atoms with E-state index in [9.17, 15) is 4.79 Å². The van der Waals surface area contributed by atoms with Gasteiger partial charge in [0.15, 0.2) is 0 Å². The minimum absolute atomic E-state index is 0.154. The average molecular weight is 238 g/mol. The largest absolute Gasteiger partial charge is 0.335 e. The SMILES string of the molecule is O=C(NC1CC1)N1CCCN(C2CNC2)CC1. The van der Waals surface area contributed by atoms with Crippen molar-refractivity contribution < 1.29 is 4.79 Å². The van der Waals surface area contributed by atoms with Gasteiger partial charge in [-0.15, -0.1) is 0 Å². The van der Waals surface area contributed by atoms with E-state index in [0.29, 0.717) is 12.1 Å². The Kier molecular flexibility index (Phi) is 3.20. The van der Waals surface area contributed by atoms with E-state index in [1.807, 2.05) is 4.90 Å². The van der Waals surface area contributed by atoms with Gasteiger partial charge in [-0.3, -0.25) is 4.90 Å². The van der Waals surface area contributed by atoms with E-state index in [2.05, 4.69) is 15.5 Å². The second kappa shape index (κ2) is 4.82. The van der Waals surface area contributed by atoms with Gasteiger partial charge in [0.05, 0.1) is 0 Å². The van der Waals surface area contributed by atoms with E-state index in [-0.39, 0.29) is 6.03 Å². The second-order valence-corrected chi connectivity index (χ2v) is 5.41. The van der Waals surface area contributed by atoms with Gasteiger partial charge < -0.3 is 15.5 Å². The number of carbonyl (C=O) groups excluding carboxylic acids is 1. The van der Waals surface area contributed by atoms with Gasteiger partial charge in [-0.2, -0.15) is 0 Å². The topological polar surface area (TPSA) is 47.6 Å². The zero-order valence-electron chi connectivity index (χ0n) is 10.3. The molecule has 1 aliphatic carbocycles. The van der Waals surface area contributed by atoms with Gasteiger partial charge >= 0.3 is 6.03 Å². The predicted molar refractivity (Wildman–Crippen MR) is 66.0 cm³/mol. The average Bonchev–Trinajstić information content (AvgIpc) is 3.02. The van der Waals surface area contributed by atoms with Crippen LogP contribution >= 0.6 is 0 Å². The zero-order chi connectivity index (χ0) is 11.7. The molecule has 2 amide bonds. The van der Waals surface area contributed by atoms with Crippen molar-refractivity contribution in [1.82, 2.24) is 20.4 Å². The summed E-state index contributed by atoms with van der Waals surface area (Å²) in [5.74, 6) is 0. The Balaban J connectivity index is 1.48. The fourth-order valence-corrected chi connectivity index (χ4v) is 2.53. The van der Waals surface area contributed by atoms with E-state index in [4.69, 9.17) is 0 Å². The number of urea groups is 1. The van der Waals surface area contributed by atoms with Crippen LogP contribution in [-0.4, -0.2) is 67.2 Å². The van der Waals surface area contributed by atoms with Crippen LogP contribution in [0, 0.1) is 0 Å². The summed E-state index contributed by atoms with van der Waals surface area (Å²) in [7, 11) is 0. The highest BCUT2D eigenvalue weighted by molar-refractivity contribution is 5.74. The number of carbonyl (C=O) groups is 1. The summed E-state index contributed by atoms with van der Waals surface area (Å²) < 4.78 is 0. The molecule has 3 fully saturated rings. The zero-order valence-corrected chi connectivity index (χ0v) is 10.3. The van der Waals surface area contributed by atoms with Crippen LogP contribution in [0.1, 0.15) is 19.3 Å². The van der Waals surface area contributed by atoms with Crippen LogP contribution in [0.25, 0.3) is 0 Å². The Morgan fingerprint density at radius 3 is 2.59 bits per heavy atom. The summed E-state index contributed by atoms with van der Waals surface area (Å²) in [5, 5.41) is 6.39. The maximum Gasteiger partial charge on any atom is 0.317 e. The van der Waals surface area contributed by atoms with E-state index in [1.54, 1.807) is 0 Å². The third-order valence-corrected chi connectivity index (χ3v) is 4.00. The van der Waals surface area contributed by atoms with Crippen molar-refractivity contribution in [2.24, 2.45) is 0 Å². The Hall–Kier alpha value is -0.810. The fourth-order valence-electron chi connectivity index (χ4n) is 2.53. The molecular weight excluding hydrogens is 216 g/mol. The van der Waals surface area contributed by atoms with Crippen LogP contribution in [-0.2, 0) is 0 Å². The summed E-state index contributed by atoms with van der Waals surface area (Å²) in [5.41, 5.74) is 0. The molecular formula is C12H22N4O. The lowest BCUT2D eigenvalue weighted by Crippen LogP contribution is -2.57. The first-order valence-corrected chi connectivity index (χ1v) is 6.83. The van der Waals surface area contributed by atoms with Gasteiger partial charge in [0.25, 0.3) is 0 Å². The minimum Gasteiger partial charge on any atom is -0.335 e. The van der Waals surface area contributed by atoms with Crippen LogP contribution in [0.3, 0.4) is 0 Å². The molecule has 2 heterocycles. The van der Waals surface area contributed by atoms with Crippen molar-refractivity contribution >= 4 is 6.03 Å². The highest BCUT2D eigenvalue weighted by Gasteiger charge is 2.29. The monoisotopic (exact) mass is 238 g/mol. The van der Waals surface area contributed by atoms with Crippen LogP contribution < -0.4 is 10.6 Å². The molecule has 0 atom stereocenters. The van der Waals surface area contributed by atoms with Crippen molar-refractivity contribution in [3.63, 3.8) is 0 Å². The fraction of sp³-hybridized carbons (Fsp3) is 0.917. The van der Waals surface area contributed by atoms with Crippen LogP contribution in [0.5, 0.6) is 0 Å². The molecule has 96 valence electrons. The quantitative estimate of drug-likeness (QED) is 0.703. The summed E-state index contributed by atoms with van der Waals surface area (Å²) >= 11 is 0. The summed E-state index contributed by atoms with van der Waals surface area (Å²) in [4.78, 5) is 16.5. The molecule has 5 nitrogen and oxygen atoms in total. The first-order chi connectivity index (χ1) is 8.33. The predicted octanol–water partition coefficient (Wildman–Crippen LogP) is -0.162. The first kappa shape index (κ1) is 11.3. The van der Waals surface area contributed by atoms with Gasteiger partial charge in [-0.25, -0.2) is 4.79 Å². The molecule has 0 aromatic heterocycles. The number of hydrogen-bond acceptors (Lipinski definition) is 3. The molecule has 3 aliphatic rings. The highest BCUT2D eigenvalue weighted by atomic mass is 16.2. The molecule has 0 unspecified atom stereocenters. The van der Waals surface area contributed by atoms with E-state index in [1.165, 1.54) is 12.8 Å². The van der Waals surface area contributed by atoms with E-state index < -0.39 is 0 Å². The molecule has 3 rings (SSSR count). The molecule has 0 radical (unpaired) electrons. The normalized spacial score (nSPS) is 27.4. The van der Waals surface area contributed by atoms with Gasteiger partial charge in [0.2, 0.25) is 0 Å². The lowest BCUT2D eigenvalue weighted by atomic mass is 10.1. The summed E-state index contributed by atoms with van der Waals surface area (Å²) in [6, 6.07) is 1.33. The number of nitrogens with one attached hydrogen (secondary N) is 2. The van der Waals surface area contributed by atoms with Crippen molar-refractivity contribution in [3.8, 4) is 0 Å². The number of nitrogens with zero attached hydrogens (tertiary/aromatic N) is 2. The number of hydrogen-bond donors (Lipinski definition) is 2. The maximum absolute atomic E-state index is 11.9. The molecule has 5 heteroatoms. The van der Waals surface area contributed by atoms with Crippen LogP contribution in [0.4, 0.5) is 4.79 Å². The van der Waals surface area contributed by atoms with Gasteiger partial charge in [0, 0.05) is 51.4 Å². The minimum atomic E-state index is 0.154. The van der Waals surface area contributed by atoms with Gasteiger partial charge in [-0.05, 0) is 19.3 Å². The van der Waals surface area contributed by atoms with Crippen molar-refractivity contribution in [2.45, 2.75) is 31.3 Å². The lowest BCUT2D eigenvalue weighted by molar-refractivity contribution is 0.149. The molecule has 17 heavy (non-hydrogen) atoms. The maximum atomic E-state index is 11.9. The molecule has 2 saturated heterocycles. The van der Waals surface area contributed by atoms with E-state index in [0.717, 1.165) is 45.7 Å². The lowest BCUT2D eigenvalue weighted by Gasteiger charge is -2.37. The number of rotatable bonds is 2. The Morgan fingerprint density at radius 2 is 1.94 bits per heavy atom. The Morgan fingerprint density at radius 1 is 1.12 bits per heavy atom. The highest BCUT2D eigenvalue weighted by Crippen LogP contribution is 2.19. The molecule has 0 bridgehead atoms. The van der Waals surface area contributed by atoms with Crippen molar-refractivity contribution in [3.05, 3.63) is 0 Å². The molecule has 2 aliphatic heterocycles. The third kappa shape index (κ3) is 2.72. The second-order valence-electron chi connectivity index (χ2n) is 5.41. The Bertz CT molecular complexity index is 288.